The van der Waals surface area contributed by atoms with Gasteiger partial charge >= 0.3 is 0 Å². The van der Waals surface area contributed by atoms with Gasteiger partial charge in [0.1, 0.15) is 5.75 Å². The molecule has 0 spiro atoms. The standard InChI is InChI=1S/C22H29NO6/c1-13(2)29-17-9-8-15(10-19(17)26-5)14(3)23-22(24)16-11-20(27-6)21(28-7)12-18(16)25-4/h8-14H,1-7H3,(H,23,24). The third-order valence-electron chi connectivity index (χ3n) is 4.35. The molecule has 1 atom stereocenters. The van der Waals surface area contributed by atoms with Crippen LogP contribution in [0.5, 0.6) is 28.7 Å². The fourth-order valence-corrected chi connectivity index (χ4v) is 2.87. The Balaban J connectivity index is 2.27. The van der Waals surface area contributed by atoms with Crippen LogP contribution in [0.3, 0.4) is 0 Å². The molecule has 0 bridgehead atoms. The molecule has 0 saturated carbocycles. The van der Waals surface area contributed by atoms with Crippen LogP contribution in [0.1, 0.15) is 42.7 Å². The van der Waals surface area contributed by atoms with E-state index < -0.39 is 0 Å². The molecule has 1 amide bonds. The summed E-state index contributed by atoms with van der Waals surface area (Å²) >= 11 is 0. The van der Waals surface area contributed by atoms with Gasteiger partial charge in [-0.15, -0.1) is 0 Å². The first kappa shape index (κ1) is 22.2. The monoisotopic (exact) mass is 403 g/mol. The van der Waals surface area contributed by atoms with Gasteiger partial charge in [-0.05, 0) is 38.5 Å². The first-order valence-electron chi connectivity index (χ1n) is 9.30. The minimum atomic E-state index is -0.295. The Hall–Kier alpha value is -3.09. The van der Waals surface area contributed by atoms with Crippen LogP contribution in [0, 0.1) is 0 Å². The van der Waals surface area contributed by atoms with E-state index in [1.165, 1.54) is 21.3 Å². The minimum Gasteiger partial charge on any atom is -0.496 e. The number of hydrogen-bond acceptors (Lipinski definition) is 6. The second-order valence-corrected chi connectivity index (χ2v) is 6.68. The summed E-state index contributed by atoms with van der Waals surface area (Å²) in [5.74, 6) is 2.30. The van der Waals surface area contributed by atoms with Crippen molar-refractivity contribution in [1.82, 2.24) is 5.32 Å². The minimum absolute atomic E-state index is 0.0318. The summed E-state index contributed by atoms with van der Waals surface area (Å²) in [6.07, 6.45) is 0.0318. The number of amides is 1. The Morgan fingerprint density at radius 1 is 0.759 bits per heavy atom. The molecular formula is C22H29NO6. The third-order valence-corrected chi connectivity index (χ3v) is 4.35. The molecule has 1 unspecified atom stereocenters. The molecule has 0 saturated heterocycles. The van der Waals surface area contributed by atoms with Crippen LogP contribution < -0.4 is 29.0 Å². The predicted octanol–water partition coefficient (Wildman–Crippen LogP) is 4.00. The highest BCUT2D eigenvalue weighted by Gasteiger charge is 2.20. The van der Waals surface area contributed by atoms with Crippen LogP contribution in [-0.2, 0) is 0 Å². The Morgan fingerprint density at radius 3 is 1.86 bits per heavy atom. The molecule has 158 valence electrons. The van der Waals surface area contributed by atoms with Gasteiger partial charge in [0, 0.05) is 12.1 Å². The van der Waals surface area contributed by atoms with Gasteiger partial charge in [0.2, 0.25) is 0 Å². The van der Waals surface area contributed by atoms with E-state index in [1.807, 2.05) is 39.0 Å². The highest BCUT2D eigenvalue weighted by Crippen LogP contribution is 2.35. The van der Waals surface area contributed by atoms with Crippen LogP contribution >= 0.6 is 0 Å². The zero-order valence-corrected chi connectivity index (χ0v) is 18.0. The maximum absolute atomic E-state index is 12.9. The van der Waals surface area contributed by atoms with Gasteiger partial charge in [0.05, 0.1) is 46.1 Å². The summed E-state index contributed by atoms with van der Waals surface area (Å²) in [5.41, 5.74) is 1.23. The van der Waals surface area contributed by atoms with Crippen molar-refractivity contribution in [2.24, 2.45) is 0 Å². The molecule has 0 fully saturated rings. The SMILES string of the molecule is COc1cc(OC)c(C(=O)NC(C)c2ccc(OC(C)C)c(OC)c2)cc1OC. The number of nitrogens with one attached hydrogen (secondary N) is 1. The summed E-state index contributed by atoms with van der Waals surface area (Å²) in [7, 11) is 6.13. The van der Waals surface area contributed by atoms with Crippen LogP contribution in [-0.4, -0.2) is 40.5 Å². The van der Waals surface area contributed by atoms with E-state index in [-0.39, 0.29) is 18.1 Å². The number of methoxy groups -OCH3 is 4. The molecule has 0 aliphatic rings. The number of ether oxygens (including phenoxy) is 5. The normalized spacial score (nSPS) is 11.6. The van der Waals surface area contributed by atoms with Gasteiger partial charge in [-0.3, -0.25) is 4.79 Å². The van der Waals surface area contributed by atoms with Gasteiger partial charge in [0.25, 0.3) is 5.91 Å². The number of carbonyl (C=O) groups is 1. The highest BCUT2D eigenvalue weighted by molar-refractivity contribution is 5.98. The van der Waals surface area contributed by atoms with Crippen molar-refractivity contribution in [3.8, 4) is 28.7 Å². The fraction of sp³-hybridized carbons (Fsp3) is 0.409. The smallest absolute Gasteiger partial charge is 0.255 e. The zero-order valence-electron chi connectivity index (χ0n) is 18.0. The van der Waals surface area contributed by atoms with E-state index >= 15 is 0 Å². The van der Waals surface area contributed by atoms with Crippen LogP contribution in [0.15, 0.2) is 30.3 Å². The summed E-state index contributed by atoms with van der Waals surface area (Å²) in [4.78, 5) is 12.9. The Morgan fingerprint density at radius 2 is 1.31 bits per heavy atom. The van der Waals surface area contributed by atoms with Gasteiger partial charge in [0.15, 0.2) is 23.0 Å². The molecule has 0 aliphatic carbocycles. The molecule has 29 heavy (non-hydrogen) atoms. The predicted molar refractivity (Wildman–Crippen MR) is 111 cm³/mol. The molecule has 7 nitrogen and oxygen atoms in total. The van der Waals surface area contributed by atoms with Gasteiger partial charge in [-0.25, -0.2) is 0 Å². The van der Waals surface area contributed by atoms with Crippen LogP contribution in [0.4, 0.5) is 0 Å². The quantitative estimate of drug-likeness (QED) is 0.682. The average molecular weight is 403 g/mol. The fourth-order valence-electron chi connectivity index (χ4n) is 2.87. The third kappa shape index (κ3) is 5.25. The molecule has 2 rings (SSSR count). The molecule has 0 radical (unpaired) electrons. The number of rotatable bonds is 9. The zero-order chi connectivity index (χ0) is 21.6. The van der Waals surface area contributed by atoms with E-state index in [4.69, 9.17) is 23.7 Å². The molecule has 0 aliphatic heterocycles. The van der Waals surface area contributed by atoms with Crippen molar-refractivity contribution >= 4 is 5.91 Å². The molecule has 2 aromatic rings. The maximum atomic E-state index is 12.9. The Labute approximate surface area is 171 Å². The Bertz CT molecular complexity index is 849. The first-order chi connectivity index (χ1) is 13.8. The summed E-state index contributed by atoms with van der Waals surface area (Å²) in [5, 5.41) is 2.98. The lowest BCUT2D eigenvalue weighted by Crippen LogP contribution is -2.27. The first-order valence-corrected chi connectivity index (χ1v) is 9.30. The van der Waals surface area contributed by atoms with Crippen molar-refractivity contribution < 1.29 is 28.5 Å². The average Bonchev–Trinajstić information content (AvgIpc) is 2.72. The number of carbonyl (C=O) groups excluding carboxylic acids is 1. The lowest BCUT2D eigenvalue weighted by Gasteiger charge is -2.19. The van der Waals surface area contributed by atoms with E-state index in [9.17, 15) is 4.79 Å². The summed E-state index contributed by atoms with van der Waals surface area (Å²) in [6.45, 7) is 5.79. The van der Waals surface area contributed by atoms with E-state index in [0.29, 0.717) is 34.3 Å². The molecular weight excluding hydrogens is 374 g/mol. The van der Waals surface area contributed by atoms with Crippen molar-refractivity contribution in [3.63, 3.8) is 0 Å². The lowest BCUT2D eigenvalue weighted by atomic mass is 10.1. The largest absolute Gasteiger partial charge is 0.496 e. The summed E-state index contributed by atoms with van der Waals surface area (Å²) < 4.78 is 27.1. The van der Waals surface area contributed by atoms with Crippen molar-refractivity contribution in [2.75, 3.05) is 28.4 Å². The van der Waals surface area contributed by atoms with Crippen molar-refractivity contribution in [3.05, 3.63) is 41.5 Å². The maximum Gasteiger partial charge on any atom is 0.255 e. The highest BCUT2D eigenvalue weighted by atomic mass is 16.5. The van der Waals surface area contributed by atoms with E-state index in [1.54, 1.807) is 19.2 Å². The molecule has 0 heterocycles. The van der Waals surface area contributed by atoms with Crippen molar-refractivity contribution in [1.29, 1.82) is 0 Å². The second-order valence-electron chi connectivity index (χ2n) is 6.68. The van der Waals surface area contributed by atoms with Gasteiger partial charge < -0.3 is 29.0 Å². The second kappa shape index (κ2) is 9.91. The molecule has 0 aromatic heterocycles. The van der Waals surface area contributed by atoms with Crippen molar-refractivity contribution in [2.45, 2.75) is 32.9 Å². The van der Waals surface area contributed by atoms with Crippen LogP contribution in [0.2, 0.25) is 0 Å². The molecule has 1 N–H and O–H groups in total. The molecule has 2 aromatic carbocycles. The topological polar surface area (TPSA) is 75.3 Å². The molecule has 7 heteroatoms. The van der Waals surface area contributed by atoms with E-state index in [2.05, 4.69) is 5.32 Å². The van der Waals surface area contributed by atoms with Gasteiger partial charge in [-0.1, -0.05) is 6.07 Å². The van der Waals surface area contributed by atoms with Crippen LogP contribution in [0.25, 0.3) is 0 Å². The number of hydrogen-bond donors (Lipinski definition) is 1. The summed E-state index contributed by atoms with van der Waals surface area (Å²) in [6, 6.07) is 8.54. The Kier molecular flexibility index (Phi) is 7.59. The van der Waals surface area contributed by atoms with E-state index in [0.717, 1.165) is 5.56 Å². The number of benzene rings is 2. The lowest BCUT2D eigenvalue weighted by molar-refractivity contribution is 0.0936. The van der Waals surface area contributed by atoms with Gasteiger partial charge in [-0.2, -0.15) is 0 Å².